The molecule has 0 N–H and O–H groups in total. The summed E-state index contributed by atoms with van der Waals surface area (Å²) < 4.78 is 11.0. The van der Waals surface area contributed by atoms with Crippen LogP contribution in [0.3, 0.4) is 0 Å². The first kappa shape index (κ1) is 18.6. The van der Waals surface area contributed by atoms with Gasteiger partial charge in [-0.05, 0) is 18.6 Å². The SMILES string of the molecule is Cc1ccccc1OCCN(C)C(=O)CCc1nc(-c2ccccc2)no1. The number of carbonyl (C=O) groups is 1. The van der Waals surface area contributed by atoms with E-state index in [4.69, 9.17) is 9.26 Å². The summed E-state index contributed by atoms with van der Waals surface area (Å²) in [5.74, 6) is 1.87. The van der Waals surface area contributed by atoms with E-state index < -0.39 is 0 Å². The van der Waals surface area contributed by atoms with E-state index in [9.17, 15) is 4.79 Å². The van der Waals surface area contributed by atoms with Crippen LogP contribution >= 0.6 is 0 Å². The molecule has 0 atom stereocenters. The molecule has 0 bridgehead atoms. The van der Waals surface area contributed by atoms with Crippen molar-refractivity contribution < 1.29 is 14.1 Å². The molecule has 0 saturated carbocycles. The van der Waals surface area contributed by atoms with Crippen LogP contribution in [0.1, 0.15) is 17.9 Å². The minimum atomic E-state index is 0.0165. The van der Waals surface area contributed by atoms with Crippen LogP contribution in [0.5, 0.6) is 5.75 Å². The highest BCUT2D eigenvalue weighted by Crippen LogP contribution is 2.17. The average Bonchev–Trinajstić information content (AvgIpc) is 3.17. The Bertz CT molecular complexity index is 877. The van der Waals surface area contributed by atoms with Crippen molar-refractivity contribution in [3.05, 3.63) is 66.1 Å². The van der Waals surface area contributed by atoms with Crippen molar-refractivity contribution in [2.75, 3.05) is 20.2 Å². The highest BCUT2D eigenvalue weighted by molar-refractivity contribution is 5.76. The van der Waals surface area contributed by atoms with E-state index in [1.807, 2.05) is 61.5 Å². The van der Waals surface area contributed by atoms with Crippen LogP contribution in [0.2, 0.25) is 0 Å². The van der Waals surface area contributed by atoms with Crippen molar-refractivity contribution in [3.63, 3.8) is 0 Å². The first-order valence-electron chi connectivity index (χ1n) is 8.94. The number of benzene rings is 2. The number of nitrogens with zero attached hydrogens (tertiary/aromatic N) is 3. The summed E-state index contributed by atoms with van der Waals surface area (Å²) in [5, 5.41) is 3.97. The number of amides is 1. The van der Waals surface area contributed by atoms with Gasteiger partial charge in [-0.15, -0.1) is 0 Å². The Morgan fingerprint density at radius 1 is 1.11 bits per heavy atom. The summed E-state index contributed by atoms with van der Waals surface area (Å²) in [4.78, 5) is 18.3. The van der Waals surface area contributed by atoms with E-state index in [1.54, 1.807) is 11.9 Å². The number of aryl methyl sites for hydroxylation is 2. The Kier molecular flexibility index (Phi) is 6.20. The quantitative estimate of drug-likeness (QED) is 0.611. The molecule has 0 saturated heterocycles. The molecule has 140 valence electrons. The minimum Gasteiger partial charge on any atom is -0.491 e. The highest BCUT2D eigenvalue weighted by atomic mass is 16.5. The number of hydrogen-bond acceptors (Lipinski definition) is 5. The van der Waals surface area contributed by atoms with E-state index in [0.29, 0.717) is 37.7 Å². The van der Waals surface area contributed by atoms with Crippen LogP contribution in [0, 0.1) is 6.92 Å². The topological polar surface area (TPSA) is 68.5 Å². The van der Waals surface area contributed by atoms with E-state index in [1.165, 1.54) is 0 Å². The number of aromatic nitrogens is 2. The van der Waals surface area contributed by atoms with Crippen LogP contribution in [0.15, 0.2) is 59.1 Å². The molecule has 0 aliphatic rings. The van der Waals surface area contributed by atoms with E-state index in [-0.39, 0.29) is 5.91 Å². The largest absolute Gasteiger partial charge is 0.491 e. The maximum Gasteiger partial charge on any atom is 0.227 e. The molecule has 3 rings (SSSR count). The van der Waals surface area contributed by atoms with Gasteiger partial charge in [0.1, 0.15) is 12.4 Å². The first-order valence-corrected chi connectivity index (χ1v) is 8.94. The second-order valence-electron chi connectivity index (χ2n) is 6.31. The molecule has 0 radical (unpaired) electrons. The fraction of sp³-hybridized carbons (Fsp3) is 0.286. The Hall–Kier alpha value is -3.15. The molecule has 0 aliphatic heterocycles. The first-order chi connectivity index (χ1) is 13.1. The zero-order valence-corrected chi connectivity index (χ0v) is 15.6. The van der Waals surface area contributed by atoms with Crippen LogP contribution in [-0.4, -0.2) is 41.1 Å². The molecular formula is C21H23N3O3. The molecule has 2 aromatic carbocycles. The van der Waals surface area contributed by atoms with Gasteiger partial charge in [-0.1, -0.05) is 53.7 Å². The van der Waals surface area contributed by atoms with Gasteiger partial charge in [0.15, 0.2) is 0 Å². The van der Waals surface area contributed by atoms with Gasteiger partial charge >= 0.3 is 0 Å². The van der Waals surface area contributed by atoms with Gasteiger partial charge < -0.3 is 14.2 Å². The lowest BCUT2D eigenvalue weighted by atomic mass is 10.2. The standard InChI is InChI=1S/C21H23N3O3/c1-16-8-6-7-11-18(16)26-15-14-24(2)20(25)13-12-19-22-21(23-27-19)17-9-4-3-5-10-17/h3-11H,12-15H2,1-2H3. The van der Waals surface area contributed by atoms with Crippen molar-refractivity contribution in [1.82, 2.24) is 15.0 Å². The van der Waals surface area contributed by atoms with E-state index in [2.05, 4.69) is 10.1 Å². The Labute approximate surface area is 158 Å². The van der Waals surface area contributed by atoms with Crippen LogP contribution in [0.25, 0.3) is 11.4 Å². The van der Waals surface area contributed by atoms with Gasteiger partial charge in [-0.2, -0.15) is 4.98 Å². The third kappa shape index (κ3) is 5.17. The van der Waals surface area contributed by atoms with Gasteiger partial charge in [0.25, 0.3) is 0 Å². The lowest BCUT2D eigenvalue weighted by molar-refractivity contribution is -0.130. The van der Waals surface area contributed by atoms with Crippen LogP contribution in [0.4, 0.5) is 0 Å². The highest BCUT2D eigenvalue weighted by Gasteiger charge is 2.13. The summed E-state index contributed by atoms with van der Waals surface area (Å²) >= 11 is 0. The third-order valence-electron chi connectivity index (χ3n) is 4.26. The molecule has 6 nitrogen and oxygen atoms in total. The monoisotopic (exact) mass is 365 g/mol. The lowest BCUT2D eigenvalue weighted by Gasteiger charge is -2.17. The van der Waals surface area contributed by atoms with Crippen molar-refractivity contribution >= 4 is 5.91 Å². The van der Waals surface area contributed by atoms with Gasteiger partial charge in [-0.25, -0.2) is 0 Å². The van der Waals surface area contributed by atoms with E-state index in [0.717, 1.165) is 16.9 Å². The molecule has 0 unspecified atom stereocenters. The second-order valence-corrected chi connectivity index (χ2v) is 6.31. The number of para-hydroxylation sites is 1. The molecule has 0 aliphatic carbocycles. The molecule has 0 spiro atoms. The molecular weight excluding hydrogens is 342 g/mol. The maximum atomic E-state index is 12.3. The zero-order chi connectivity index (χ0) is 19.1. The summed E-state index contributed by atoms with van der Waals surface area (Å²) in [6.45, 7) is 2.97. The second kappa shape index (κ2) is 8.98. The molecule has 1 amide bonds. The zero-order valence-electron chi connectivity index (χ0n) is 15.6. The summed E-state index contributed by atoms with van der Waals surface area (Å²) in [5.41, 5.74) is 1.97. The number of hydrogen-bond donors (Lipinski definition) is 0. The fourth-order valence-corrected chi connectivity index (χ4v) is 2.60. The molecule has 0 fully saturated rings. The van der Waals surface area contributed by atoms with Crippen molar-refractivity contribution in [1.29, 1.82) is 0 Å². The number of rotatable bonds is 8. The molecule has 3 aromatic rings. The Morgan fingerprint density at radius 3 is 2.63 bits per heavy atom. The average molecular weight is 365 g/mol. The summed E-state index contributed by atoms with van der Waals surface area (Å²) in [6, 6.07) is 17.4. The normalized spacial score (nSPS) is 10.6. The fourth-order valence-electron chi connectivity index (χ4n) is 2.60. The van der Waals surface area contributed by atoms with Gasteiger partial charge in [-0.3, -0.25) is 4.79 Å². The summed E-state index contributed by atoms with van der Waals surface area (Å²) in [7, 11) is 1.77. The van der Waals surface area contributed by atoms with E-state index >= 15 is 0 Å². The molecule has 1 aromatic heterocycles. The van der Waals surface area contributed by atoms with Gasteiger partial charge in [0, 0.05) is 25.5 Å². The molecule has 6 heteroatoms. The predicted molar refractivity (Wildman–Crippen MR) is 102 cm³/mol. The van der Waals surface area contributed by atoms with Crippen molar-refractivity contribution in [2.45, 2.75) is 19.8 Å². The maximum absolute atomic E-state index is 12.3. The smallest absolute Gasteiger partial charge is 0.227 e. The Balaban J connectivity index is 1.43. The van der Waals surface area contributed by atoms with Gasteiger partial charge in [0.2, 0.25) is 17.6 Å². The minimum absolute atomic E-state index is 0.0165. The van der Waals surface area contributed by atoms with Crippen LogP contribution < -0.4 is 4.74 Å². The number of carbonyl (C=O) groups excluding carboxylic acids is 1. The third-order valence-corrected chi connectivity index (χ3v) is 4.26. The lowest BCUT2D eigenvalue weighted by Crippen LogP contribution is -2.31. The molecule has 27 heavy (non-hydrogen) atoms. The summed E-state index contributed by atoms with van der Waals surface area (Å²) in [6.07, 6.45) is 0.735. The van der Waals surface area contributed by atoms with Crippen LogP contribution in [-0.2, 0) is 11.2 Å². The predicted octanol–water partition coefficient (Wildman–Crippen LogP) is 3.52. The Morgan fingerprint density at radius 2 is 1.85 bits per heavy atom. The molecule has 1 heterocycles. The van der Waals surface area contributed by atoms with Crippen molar-refractivity contribution in [2.24, 2.45) is 0 Å². The number of ether oxygens (including phenoxy) is 1. The number of likely N-dealkylation sites (N-methyl/N-ethyl adjacent to an activating group) is 1. The van der Waals surface area contributed by atoms with Gasteiger partial charge in [0.05, 0.1) is 6.54 Å². The van der Waals surface area contributed by atoms with Crippen molar-refractivity contribution in [3.8, 4) is 17.1 Å².